The average Bonchev–Trinajstić information content (AvgIpc) is 2.88. The number of nitro benzene ring substituents is 1. The van der Waals surface area contributed by atoms with Crippen LogP contribution in [0.2, 0.25) is 0 Å². The topological polar surface area (TPSA) is 145 Å². The largest absolute Gasteiger partial charge is 0.479 e. The molecule has 9 heteroatoms. The first-order valence-electron chi connectivity index (χ1n) is 6.03. The lowest BCUT2D eigenvalue weighted by atomic mass is 9.97. The second kappa shape index (κ2) is 5.37. The third-order valence-electron chi connectivity index (χ3n) is 3.28. The smallest absolute Gasteiger partial charge is 0.331 e. The molecule has 1 unspecified atom stereocenters. The van der Waals surface area contributed by atoms with Crippen molar-refractivity contribution in [2.24, 2.45) is 5.73 Å². The highest BCUT2D eigenvalue weighted by molar-refractivity contribution is 6.00. The molecular formula is C12H13N3O6. The molecule has 0 saturated carbocycles. The van der Waals surface area contributed by atoms with Gasteiger partial charge in [0.25, 0.3) is 11.6 Å². The zero-order valence-corrected chi connectivity index (χ0v) is 10.9. The number of amides is 1. The van der Waals surface area contributed by atoms with E-state index in [4.69, 9.17) is 10.5 Å². The summed E-state index contributed by atoms with van der Waals surface area (Å²) in [5.74, 6) is -2.02. The Kier molecular flexibility index (Phi) is 3.76. The van der Waals surface area contributed by atoms with Crippen LogP contribution in [-0.2, 0) is 9.53 Å². The molecule has 1 aromatic rings. The molecule has 1 aliphatic rings. The molecule has 0 aliphatic carbocycles. The van der Waals surface area contributed by atoms with Crippen molar-refractivity contribution < 1.29 is 24.4 Å². The van der Waals surface area contributed by atoms with Crippen LogP contribution in [-0.4, -0.2) is 40.7 Å². The molecule has 1 saturated heterocycles. The van der Waals surface area contributed by atoms with Crippen molar-refractivity contribution in [1.29, 1.82) is 0 Å². The van der Waals surface area contributed by atoms with Gasteiger partial charge in [0.15, 0.2) is 5.54 Å². The van der Waals surface area contributed by atoms with Gasteiger partial charge < -0.3 is 20.9 Å². The summed E-state index contributed by atoms with van der Waals surface area (Å²) >= 11 is 0. The Labute approximate surface area is 118 Å². The molecule has 0 bridgehead atoms. The number of carbonyl (C=O) groups is 2. The Bertz CT molecular complexity index is 609. The van der Waals surface area contributed by atoms with Gasteiger partial charge in [-0.1, -0.05) is 0 Å². The molecule has 1 aromatic carbocycles. The van der Waals surface area contributed by atoms with E-state index in [0.29, 0.717) is 0 Å². The van der Waals surface area contributed by atoms with Crippen molar-refractivity contribution in [3.05, 3.63) is 33.9 Å². The highest BCUT2D eigenvalue weighted by atomic mass is 16.6. The van der Waals surface area contributed by atoms with E-state index >= 15 is 0 Å². The Balaban J connectivity index is 2.41. The number of hydrogen-bond acceptors (Lipinski definition) is 6. The van der Waals surface area contributed by atoms with Crippen LogP contribution in [0.5, 0.6) is 0 Å². The second-order valence-corrected chi connectivity index (χ2v) is 4.67. The number of hydrogen-bond donors (Lipinski definition) is 3. The van der Waals surface area contributed by atoms with Crippen LogP contribution in [0.1, 0.15) is 16.8 Å². The first-order chi connectivity index (χ1) is 9.85. The van der Waals surface area contributed by atoms with Gasteiger partial charge in [-0.25, -0.2) is 4.79 Å². The van der Waals surface area contributed by atoms with E-state index in [1.807, 2.05) is 0 Å². The maximum absolute atomic E-state index is 11.4. The molecule has 9 nitrogen and oxygen atoms in total. The summed E-state index contributed by atoms with van der Waals surface area (Å²) in [4.78, 5) is 32.9. The van der Waals surface area contributed by atoms with E-state index in [2.05, 4.69) is 5.32 Å². The first kappa shape index (κ1) is 14.7. The summed E-state index contributed by atoms with van der Waals surface area (Å²) in [6, 6.07) is 3.44. The van der Waals surface area contributed by atoms with Gasteiger partial charge in [0, 0.05) is 30.8 Å². The van der Waals surface area contributed by atoms with Gasteiger partial charge in [0.2, 0.25) is 0 Å². The molecule has 1 heterocycles. The van der Waals surface area contributed by atoms with Crippen LogP contribution >= 0.6 is 0 Å². The molecule has 21 heavy (non-hydrogen) atoms. The number of ether oxygens (including phenoxy) is 1. The summed E-state index contributed by atoms with van der Waals surface area (Å²) < 4.78 is 5.09. The number of nitrogens with two attached hydrogens (primary N) is 1. The average molecular weight is 295 g/mol. The monoisotopic (exact) mass is 295 g/mol. The molecule has 0 radical (unpaired) electrons. The fourth-order valence-electron chi connectivity index (χ4n) is 2.10. The Morgan fingerprint density at radius 2 is 2.19 bits per heavy atom. The molecule has 4 N–H and O–H groups in total. The van der Waals surface area contributed by atoms with Crippen LogP contribution in [0.4, 0.5) is 11.4 Å². The zero-order valence-electron chi connectivity index (χ0n) is 10.9. The van der Waals surface area contributed by atoms with E-state index in [9.17, 15) is 24.8 Å². The van der Waals surface area contributed by atoms with Crippen molar-refractivity contribution in [1.82, 2.24) is 0 Å². The number of carbonyl (C=O) groups excluding carboxylic acids is 1. The standard InChI is InChI=1S/C12H13N3O6/c13-10(16)8-5-7(15(19)20)1-2-9(8)14-12(11(17)18)3-4-21-6-12/h1-2,5,14H,3-4,6H2,(H2,13,16)(H,17,18). The lowest BCUT2D eigenvalue weighted by molar-refractivity contribution is -0.384. The van der Waals surface area contributed by atoms with E-state index in [1.165, 1.54) is 12.1 Å². The highest BCUT2D eigenvalue weighted by Gasteiger charge is 2.43. The minimum absolute atomic E-state index is 0.0719. The summed E-state index contributed by atoms with van der Waals surface area (Å²) in [5.41, 5.74) is 3.50. The third-order valence-corrected chi connectivity index (χ3v) is 3.28. The van der Waals surface area contributed by atoms with Crippen molar-refractivity contribution >= 4 is 23.3 Å². The van der Waals surface area contributed by atoms with Crippen LogP contribution in [0.3, 0.4) is 0 Å². The van der Waals surface area contributed by atoms with Gasteiger partial charge in [-0.05, 0) is 6.07 Å². The lowest BCUT2D eigenvalue weighted by Crippen LogP contribution is -2.47. The van der Waals surface area contributed by atoms with Crippen LogP contribution in [0.15, 0.2) is 18.2 Å². The predicted molar refractivity (Wildman–Crippen MR) is 71.0 cm³/mol. The van der Waals surface area contributed by atoms with Crippen molar-refractivity contribution in [3.8, 4) is 0 Å². The number of benzene rings is 1. The normalized spacial score (nSPS) is 21.0. The number of carboxylic acids is 1. The summed E-state index contributed by atoms with van der Waals surface area (Å²) in [6.07, 6.45) is 0.206. The molecule has 112 valence electrons. The van der Waals surface area contributed by atoms with E-state index in [-0.39, 0.29) is 36.6 Å². The molecule has 2 rings (SSSR count). The molecule has 1 aliphatic heterocycles. The first-order valence-corrected chi connectivity index (χ1v) is 6.03. The number of non-ortho nitro benzene ring substituents is 1. The van der Waals surface area contributed by atoms with E-state index in [1.54, 1.807) is 0 Å². The Hall–Kier alpha value is -2.68. The van der Waals surface area contributed by atoms with Crippen LogP contribution in [0, 0.1) is 10.1 Å². The maximum Gasteiger partial charge on any atom is 0.331 e. The number of nitrogens with one attached hydrogen (secondary N) is 1. The molecule has 0 aromatic heterocycles. The van der Waals surface area contributed by atoms with Gasteiger partial charge in [-0.15, -0.1) is 0 Å². The van der Waals surface area contributed by atoms with Gasteiger partial charge in [0.1, 0.15) is 0 Å². The zero-order chi connectivity index (χ0) is 15.6. The summed E-state index contributed by atoms with van der Waals surface area (Å²) in [7, 11) is 0. The number of rotatable bonds is 5. The molecule has 1 fully saturated rings. The fourth-order valence-corrected chi connectivity index (χ4v) is 2.10. The highest BCUT2D eigenvalue weighted by Crippen LogP contribution is 2.29. The van der Waals surface area contributed by atoms with Gasteiger partial charge in [-0.3, -0.25) is 14.9 Å². The molecule has 1 amide bonds. The van der Waals surface area contributed by atoms with Gasteiger partial charge in [-0.2, -0.15) is 0 Å². The molecule has 0 spiro atoms. The number of aliphatic carboxylic acids is 1. The quantitative estimate of drug-likeness (QED) is 0.524. The van der Waals surface area contributed by atoms with Crippen molar-refractivity contribution in [2.75, 3.05) is 18.5 Å². The van der Waals surface area contributed by atoms with E-state index < -0.39 is 22.3 Å². The molecular weight excluding hydrogens is 282 g/mol. The van der Waals surface area contributed by atoms with Gasteiger partial charge >= 0.3 is 5.97 Å². The number of primary amides is 1. The van der Waals surface area contributed by atoms with Crippen molar-refractivity contribution in [2.45, 2.75) is 12.0 Å². The second-order valence-electron chi connectivity index (χ2n) is 4.67. The predicted octanol–water partition coefficient (Wildman–Crippen LogP) is 0.349. The number of nitro groups is 1. The van der Waals surface area contributed by atoms with E-state index in [0.717, 1.165) is 6.07 Å². The third kappa shape index (κ3) is 2.77. The van der Waals surface area contributed by atoms with Crippen molar-refractivity contribution in [3.63, 3.8) is 0 Å². The Morgan fingerprint density at radius 1 is 1.48 bits per heavy atom. The van der Waals surface area contributed by atoms with Crippen LogP contribution in [0.25, 0.3) is 0 Å². The SMILES string of the molecule is NC(=O)c1cc([N+](=O)[O-])ccc1NC1(C(=O)O)CCOC1. The number of carboxylic acid groups (broad SMARTS) is 1. The summed E-state index contributed by atoms with van der Waals surface area (Å²) in [5, 5.41) is 22.8. The Morgan fingerprint density at radius 3 is 2.67 bits per heavy atom. The lowest BCUT2D eigenvalue weighted by Gasteiger charge is -2.25. The number of nitrogens with zero attached hydrogens (tertiary/aromatic N) is 1. The van der Waals surface area contributed by atoms with Crippen LogP contribution < -0.4 is 11.1 Å². The number of anilines is 1. The summed E-state index contributed by atoms with van der Waals surface area (Å²) in [6.45, 7) is 0.190. The molecule has 1 atom stereocenters. The fraction of sp³-hybridized carbons (Fsp3) is 0.333. The van der Waals surface area contributed by atoms with Gasteiger partial charge in [0.05, 0.1) is 17.1 Å². The minimum Gasteiger partial charge on any atom is -0.479 e. The minimum atomic E-state index is -1.37. The maximum atomic E-state index is 11.4.